The molecule has 1 rings (SSSR count). The molecule has 1 aliphatic carbocycles. The zero-order valence-corrected chi connectivity index (χ0v) is 11.8. The van der Waals surface area contributed by atoms with Crippen LogP contribution in [0.2, 0.25) is 0 Å². The number of hydrogen-bond donors (Lipinski definition) is 0. The Morgan fingerprint density at radius 2 is 1.81 bits per heavy atom. The van der Waals surface area contributed by atoms with Crippen molar-refractivity contribution in [3.8, 4) is 0 Å². The van der Waals surface area contributed by atoms with Crippen LogP contribution in [0.15, 0.2) is 12.2 Å². The minimum Gasteiger partial charge on any atom is -0.0999 e. The molecule has 1 aliphatic rings. The van der Waals surface area contributed by atoms with E-state index < -0.39 is 0 Å². The molecule has 0 saturated heterocycles. The summed E-state index contributed by atoms with van der Waals surface area (Å²) >= 11 is 0. The van der Waals surface area contributed by atoms with Gasteiger partial charge in [-0.05, 0) is 37.0 Å². The second-order valence-electron chi connectivity index (χ2n) is 5.94. The maximum atomic E-state index is 4.11. The van der Waals surface area contributed by atoms with Crippen LogP contribution in [-0.2, 0) is 0 Å². The van der Waals surface area contributed by atoms with Crippen LogP contribution in [0.5, 0.6) is 0 Å². The van der Waals surface area contributed by atoms with Crippen molar-refractivity contribution in [2.45, 2.75) is 66.2 Å². The van der Waals surface area contributed by atoms with Crippen molar-refractivity contribution in [1.29, 1.82) is 0 Å². The van der Waals surface area contributed by atoms with Crippen molar-refractivity contribution in [3.05, 3.63) is 12.2 Å². The van der Waals surface area contributed by atoms with E-state index in [1.54, 1.807) is 0 Å². The molecule has 0 amide bonds. The van der Waals surface area contributed by atoms with Gasteiger partial charge in [0.15, 0.2) is 0 Å². The first-order valence-corrected chi connectivity index (χ1v) is 7.25. The van der Waals surface area contributed by atoms with Crippen LogP contribution in [0, 0.1) is 23.7 Å². The molecule has 4 unspecified atom stereocenters. The van der Waals surface area contributed by atoms with Gasteiger partial charge in [0.05, 0.1) is 0 Å². The molecule has 0 nitrogen and oxygen atoms in total. The van der Waals surface area contributed by atoms with Gasteiger partial charge < -0.3 is 0 Å². The van der Waals surface area contributed by atoms with Crippen molar-refractivity contribution in [2.75, 3.05) is 0 Å². The van der Waals surface area contributed by atoms with E-state index in [9.17, 15) is 0 Å². The molecule has 0 aromatic heterocycles. The Kier molecular flexibility index (Phi) is 5.58. The lowest BCUT2D eigenvalue weighted by Crippen LogP contribution is -2.00. The van der Waals surface area contributed by atoms with E-state index in [1.807, 2.05) is 0 Å². The Balaban J connectivity index is 2.13. The van der Waals surface area contributed by atoms with Gasteiger partial charge in [0.2, 0.25) is 0 Å². The Hall–Kier alpha value is -0.260. The van der Waals surface area contributed by atoms with Crippen LogP contribution in [0.4, 0.5) is 0 Å². The van der Waals surface area contributed by atoms with E-state index >= 15 is 0 Å². The fourth-order valence-corrected chi connectivity index (χ4v) is 3.17. The molecule has 0 heterocycles. The van der Waals surface area contributed by atoms with Crippen LogP contribution < -0.4 is 0 Å². The van der Waals surface area contributed by atoms with E-state index in [2.05, 4.69) is 34.3 Å². The molecule has 0 radical (unpaired) electrons. The van der Waals surface area contributed by atoms with Crippen LogP contribution in [0.1, 0.15) is 66.2 Å². The third-order valence-corrected chi connectivity index (χ3v) is 4.63. The standard InChI is InChI=1S/C16H30/c1-6-7-8-9-10-11-15-14(5)16(15)13(4)12(2)3/h13-16H,2,6-11H2,1,3-5H3. The number of hydrogen-bond acceptors (Lipinski definition) is 0. The molecular formula is C16H30. The predicted octanol–water partition coefficient (Wildman–Crippen LogP) is 5.44. The average molecular weight is 222 g/mol. The Bertz CT molecular complexity index is 216. The molecule has 0 aromatic rings. The SMILES string of the molecule is C=C(C)C(C)C1C(C)C1CCCCCCC. The molecular weight excluding hydrogens is 192 g/mol. The highest BCUT2D eigenvalue weighted by atomic mass is 14.5. The van der Waals surface area contributed by atoms with Gasteiger partial charge in [-0.2, -0.15) is 0 Å². The zero-order valence-electron chi connectivity index (χ0n) is 11.8. The van der Waals surface area contributed by atoms with E-state index in [-0.39, 0.29) is 0 Å². The summed E-state index contributed by atoms with van der Waals surface area (Å²) in [5.41, 5.74) is 1.38. The number of allylic oxidation sites excluding steroid dienone is 1. The van der Waals surface area contributed by atoms with Gasteiger partial charge in [-0.25, -0.2) is 0 Å². The summed E-state index contributed by atoms with van der Waals surface area (Å²) in [6.45, 7) is 13.4. The van der Waals surface area contributed by atoms with Crippen LogP contribution in [0.25, 0.3) is 0 Å². The third-order valence-electron chi connectivity index (χ3n) is 4.63. The Labute approximate surface area is 103 Å². The monoisotopic (exact) mass is 222 g/mol. The minimum atomic E-state index is 0.746. The summed E-state index contributed by atoms with van der Waals surface area (Å²) in [6, 6.07) is 0. The zero-order chi connectivity index (χ0) is 12.1. The largest absolute Gasteiger partial charge is 0.0999 e. The Morgan fingerprint density at radius 3 is 2.38 bits per heavy atom. The second kappa shape index (κ2) is 6.47. The van der Waals surface area contributed by atoms with Crippen molar-refractivity contribution >= 4 is 0 Å². The van der Waals surface area contributed by atoms with Crippen LogP contribution in [-0.4, -0.2) is 0 Å². The lowest BCUT2D eigenvalue weighted by atomic mass is 9.95. The van der Waals surface area contributed by atoms with Crippen molar-refractivity contribution in [1.82, 2.24) is 0 Å². The molecule has 0 N–H and O–H groups in total. The first-order valence-electron chi connectivity index (χ1n) is 7.25. The van der Waals surface area contributed by atoms with Gasteiger partial charge in [-0.1, -0.05) is 65.0 Å². The van der Waals surface area contributed by atoms with Gasteiger partial charge in [0, 0.05) is 0 Å². The lowest BCUT2D eigenvalue weighted by molar-refractivity contribution is 0.500. The van der Waals surface area contributed by atoms with Gasteiger partial charge in [-0.3, -0.25) is 0 Å². The molecule has 16 heavy (non-hydrogen) atoms. The number of rotatable bonds is 8. The minimum absolute atomic E-state index is 0.746. The van der Waals surface area contributed by atoms with E-state index in [0.717, 1.165) is 23.7 Å². The summed E-state index contributed by atoms with van der Waals surface area (Å²) in [5, 5.41) is 0. The summed E-state index contributed by atoms with van der Waals surface area (Å²) in [6.07, 6.45) is 8.59. The molecule has 0 bridgehead atoms. The molecule has 0 heteroatoms. The van der Waals surface area contributed by atoms with Gasteiger partial charge >= 0.3 is 0 Å². The van der Waals surface area contributed by atoms with E-state index in [0.29, 0.717) is 0 Å². The third kappa shape index (κ3) is 3.64. The van der Waals surface area contributed by atoms with Crippen molar-refractivity contribution in [3.63, 3.8) is 0 Å². The summed E-state index contributed by atoms with van der Waals surface area (Å²) in [5.74, 6) is 3.66. The van der Waals surface area contributed by atoms with E-state index in [1.165, 1.54) is 44.1 Å². The van der Waals surface area contributed by atoms with Crippen LogP contribution >= 0.6 is 0 Å². The van der Waals surface area contributed by atoms with E-state index in [4.69, 9.17) is 0 Å². The maximum Gasteiger partial charge on any atom is -0.0203 e. The molecule has 1 saturated carbocycles. The average Bonchev–Trinajstić information content (AvgIpc) is 2.88. The molecule has 0 aromatic carbocycles. The molecule has 1 fully saturated rings. The highest BCUT2D eigenvalue weighted by Gasteiger charge is 2.48. The van der Waals surface area contributed by atoms with Gasteiger partial charge in [0.1, 0.15) is 0 Å². The summed E-state index contributed by atoms with van der Waals surface area (Å²) in [7, 11) is 0. The molecule has 94 valence electrons. The lowest BCUT2D eigenvalue weighted by Gasteiger charge is -2.10. The number of unbranched alkanes of at least 4 members (excludes halogenated alkanes) is 4. The fraction of sp³-hybridized carbons (Fsp3) is 0.875. The molecule has 0 spiro atoms. The molecule has 4 atom stereocenters. The highest BCUT2D eigenvalue weighted by Crippen LogP contribution is 2.54. The van der Waals surface area contributed by atoms with Gasteiger partial charge in [-0.15, -0.1) is 0 Å². The van der Waals surface area contributed by atoms with Crippen molar-refractivity contribution < 1.29 is 0 Å². The quantitative estimate of drug-likeness (QED) is 0.379. The highest BCUT2D eigenvalue weighted by molar-refractivity contribution is 5.07. The smallest absolute Gasteiger partial charge is 0.0203 e. The molecule has 0 aliphatic heterocycles. The first kappa shape index (κ1) is 13.8. The van der Waals surface area contributed by atoms with Crippen molar-refractivity contribution in [2.24, 2.45) is 23.7 Å². The fourth-order valence-electron chi connectivity index (χ4n) is 3.17. The normalized spacial score (nSPS) is 30.1. The first-order chi connectivity index (χ1) is 7.59. The summed E-state index contributed by atoms with van der Waals surface area (Å²) < 4.78 is 0. The Morgan fingerprint density at radius 1 is 1.19 bits per heavy atom. The van der Waals surface area contributed by atoms with Gasteiger partial charge in [0.25, 0.3) is 0 Å². The maximum absolute atomic E-state index is 4.11. The van der Waals surface area contributed by atoms with Crippen LogP contribution in [0.3, 0.4) is 0 Å². The predicted molar refractivity (Wildman–Crippen MR) is 73.5 cm³/mol. The topological polar surface area (TPSA) is 0 Å². The second-order valence-corrected chi connectivity index (χ2v) is 5.94. The summed E-state index contributed by atoms with van der Waals surface area (Å²) in [4.78, 5) is 0.